The first kappa shape index (κ1) is 27.8. The molecule has 29 heavy (non-hydrogen) atoms. The zero-order valence-corrected chi connectivity index (χ0v) is 18.3. The number of nitrogens with zero attached hydrogens (tertiary/aromatic N) is 1. The Balaban J connectivity index is 5.22. The smallest absolute Gasteiger partial charge is 0.312 e. The van der Waals surface area contributed by atoms with Crippen LogP contribution in [-0.4, -0.2) is 75.9 Å². The monoisotopic (exact) mass is 414 g/mol. The maximum atomic E-state index is 11.7. The van der Waals surface area contributed by atoms with Gasteiger partial charge in [-0.1, -0.05) is 31.9 Å². The molecule has 0 fully saturated rings. The van der Waals surface area contributed by atoms with Crippen molar-refractivity contribution in [1.82, 2.24) is 0 Å². The lowest BCUT2D eigenvalue weighted by Crippen LogP contribution is -2.59. The van der Waals surface area contributed by atoms with Crippen molar-refractivity contribution in [3.8, 4) is 0 Å². The van der Waals surface area contributed by atoms with Gasteiger partial charge in [-0.3, -0.25) is 4.79 Å². The van der Waals surface area contributed by atoms with Crippen LogP contribution in [0, 0.1) is 5.92 Å². The van der Waals surface area contributed by atoms with E-state index in [1.54, 1.807) is 0 Å². The minimum absolute atomic E-state index is 0.109. The molecule has 0 spiro atoms. The third-order valence-corrected chi connectivity index (χ3v) is 5.61. The van der Waals surface area contributed by atoms with Crippen LogP contribution in [-0.2, 0) is 4.79 Å². The normalized spacial score (nSPS) is 16.6. The first-order valence-electron chi connectivity index (χ1n) is 11.1. The average molecular weight is 415 g/mol. The van der Waals surface area contributed by atoms with Gasteiger partial charge in [0.1, 0.15) is 37.8 Å². The number of hydrogen-bond acceptors (Lipinski definition) is 4. The maximum Gasteiger partial charge on any atom is 0.312 e. The molecule has 170 valence electrons. The lowest BCUT2D eigenvalue weighted by Gasteiger charge is -2.42. The fraction of sp³-hybridized carbons (Fsp3) is 0.783. The lowest BCUT2D eigenvalue weighted by atomic mass is 10.0. The van der Waals surface area contributed by atoms with E-state index in [0.717, 1.165) is 38.5 Å². The minimum atomic E-state index is -0.867. The van der Waals surface area contributed by atoms with E-state index in [0.29, 0.717) is 45.4 Å². The summed E-state index contributed by atoms with van der Waals surface area (Å²) < 4.78 is 0.229. The van der Waals surface area contributed by atoms with Crippen molar-refractivity contribution in [3.05, 3.63) is 25.3 Å². The van der Waals surface area contributed by atoms with Gasteiger partial charge in [0, 0.05) is 0 Å². The van der Waals surface area contributed by atoms with Gasteiger partial charge >= 0.3 is 5.97 Å². The molecule has 0 bridgehead atoms. The number of carboxylic acids is 1. The number of quaternary nitrogens is 1. The topological polar surface area (TPSA) is 98.0 Å². The quantitative estimate of drug-likeness (QED) is 0.139. The van der Waals surface area contributed by atoms with Gasteiger partial charge < -0.3 is 24.9 Å². The molecule has 0 amide bonds. The summed E-state index contributed by atoms with van der Waals surface area (Å²) in [6.45, 7) is 10.5. The highest BCUT2D eigenvalue weighted by molar-refractivity contribution is 5.69. The summed E-state index contributed by atoms with van der Waals surface area (Å²) in [6, 6.07) is 0. The molecule has 0 aromatic carbocycles. The highest BCUT2D eigenvalue weighted by Gasteiger charge is 2.36. The highest BCUT2D eigenvalue weighted by Crippen LogP contribution is 2.20. The zero-order valence-electron chi connectivity index (χ0n) is 18.3. The van der Waals surface area contributed by atoms with E-state index in [1.165, 1.54) is 0 Å². The van der Waals surface area contributed by atoms with Crippen LogP contribution in [0.15, 0.2) is 25.3 Å². The van der Waals surface area contributed by atoms with Crippen LogP contribution >= 0.6 is 0 Å². The Morgan fingerprint density at radius 3 is 1.76 bits per heavy atom. The molecule has 0 saturated carbocycles. The predicted octanol–water partition coefficient (Wildman–Crippen LogP) is 3.12. The van der Waals surface area contributed by atoms with Gasteiger partial charge in [0.05, 0.1) is 13.2 Å². The SMILES string of the molecule is C=CCCCCC(O)C[N+](CCO)(CC(O)CCCCC=C)CC(CC)C(=O)O. The summed E-state index contributed by atoms with van der Waals surface area (Å²) >= 11 is 0. The second-order valence-corrected chi connectivity index (χ2v) is 8.23. The molecular formula is C23H44NO5+. The number of carboxylic acid groups (broad SMARTS) is 1. The molecule has 0 radical (unpaired) electrons. The molecule has 0 aliphatic carbocycles. The lowest BCUT2D eigenvalue weighted by molar-refractivity contribution is -0.936. The molecule has 0 aliphatic rings. The van der Waals surface area contributed by atoms with Crippen molar-refractivity contribution < 1.29 is 29.7 Å². The van der Waals surface area contributed by atoms with Crippen LogP contribution in [0.1, 0.15) is 64.7 Å². The number of carbonyl (C=O) groups is 1. The Hall–Kier alpha value is -1.21. The molecular weight excluding hydrogens is 370 g/mol. The first-order chi connectivity index (χ1) is 13.8. The van der Waals surface area contributed by atoms with Gasteiger partial charge in [-0.2, -0.15) is 0 Å². The van der Waals surface area contributed by atoms with Crippen LogP contribution in [0.2, 0.25) is 0 Å². The molecule has 4 N–H and O–H groups in total. The van der Waals surface area contributed by atoms with E-state index in [1.807, 2.05) is 19.1 Å². The minimum Gasteiger partial charge on any atom is -0.481 e. The zero-order chi connectivity index (χ0) is 22.1. The Morgan fingerprint density at radius 2 is 1.41 bits per heavy atom. The van der Waals surface area contributed by atoms with Gasteiger partial charge in [-0.15, -0.1) is 13.2 Å². The number of allylic oxidation sites excluding steroid dienone is 2. The first-order valence-corrected chi connectivity index (χ1v) is 11.1. The van der Waals surface area contributed by atoms with Crippen LogP contribution in [0.25, 0.3) is 0 Å². The standard InChI is InChI=1S/C23H43NO5/c1-4-7-9-11-13-21(26)18-24(15-16-25,17-20(6-3)23(28)29)19-22(27)14-12-10-8-5-2/h4-5,20-22,25-27H,1-2,6-19H2,3H3/p+1. The van der Waals surface area contributed by atoms with Crippen LogP contribution in [0.4, 0.5) is 0 Å². The number of aliphatic hydroxyl groups excluding tert-OH is 3. The van der Waals surface area contributed by atoms with E-state index in [2.05, 4.69) is 13.2 Å². The van der Waals surface area contributed by atoms with E-state index in [4.69, 9.17) is 0 Å². The van der Waals surface area contributed by atoms with Crippen LogP contribution in [0.3, 0.4) is 0 Å². The number of aliphatic carboxylic acids is 1. The summed E-state index contributed by atoms with van der Waals surface area (Å²) in [6.07, 6.45) is 9.73. The molecule has 6 heteroatoms. The Labute approximate surface area is 177 Å². The molecule has 3 unspecified atom stereocenters. The number of hydrogen-bond donors (Lipinski definition) is 4. The van der Waals surface area contributed by atoms with E-state index >= 15 is 0 Å². The molecule has 3 atom stereocenters. The van der Waals surface area contributed by atoms with Gasteiger partial charge in [-0.25, -0.2) is 0 Å². The summed E-state index contributed by atoms with van der Waals surface area (Å²) in [5.74, 6) is -1.43. The van der Waals surface area contributed by atoms with E-state index < -0.39 is 24.1 Å². The third kappa shape index (κ3) is 12.9. The molecule has 0 aromatic heterocycles. The highest BCUT2D eigenvalue weighted by atomic mass is 16.4. The Kier molecular flexibility index (Phi) is 15.9. The molecule has 0 rings (SSSR count). The number of rotatable bonds is 20. The molecule has 6 nitrogen and oxygen atoms in total. The van der Waals surface area contributed by atoms with Crippen LogP contribution in [0.5, 0.6) is 0 Å². The van der Waals surface area contributed by atoms with Crippen molar-refractivity contribution >= 4 is 5.97 Å². The Bertz CT molecular complexity index is 431. The van der Waals surface area contributed by atoms with Crippen molar-refractivity contribution in [1.29, 1.82) is 0 Å². The van der Waals surface area contributed by atoms with Crippen molar-refractivity contribution in [2.24, 2.45) is 5.92 Å². The molecule has 0 heterocycles. The number of aliphatic hydroxyl groups is 3. The van der Waals surface area contributed by atoms with E-state index in [-0.39, 0.29) is 11.1 Å². The largest absolute Gasteiger partial charge is 0.481 e. The fourth-order valence-electron chi connectivity index (χ4n) is 3.97. The average Bonchev–Trinajstić information content (AvgIpc) is 2.66. The molecule has 0 aliphatic heterocycles. The second-order valence-electron chi connectivity index (χ2n) is 8.23. The van der Waals surface area contributed by atoms with Crippen molar-refractivity contribution in [2.75, 3.05) is 32.8 Å². The summed E-state index contributed by atoms with van der Waals surface area (Å²) in [7, 11) is 0. The van der Waals surface area contributed by atoms with Crippen molar-refractivity contribution in [3.63, 3.8) is 0 Å². The second kappa shape index (κ2) is 16.6. The van der Waals surface area contributed by atoms with Crippen molar-refractivity contribution in [2.45, 2.75) is 76.9 Å². The maximum absolute atomic E-state index is 11.7. The summed E-state index contributed by atoms with van der Waals surface area (Å²) in [5, 5.41) is 40.5. The summed E-state index contributed by atoms with van der Waals surface area (Å²) in [5.41, 5.74) is 0. The van der Waals surface area contributed by atoms with Gasteiger partial charge in [0.2, 0.25) is 0 Å². The summed E-state index contributed by atoms with van der Waals surface area (Å²) in [4.78, 5) is 11.7. The molecule has 0 saturated heterocycles. The predicted molar refractivity (Wildman–Crippen MR) is 118 cm³/mol. The van der Waals surface area contributed by atoms with Gasteiger partial charge in [0.25, 0.3) is 0 Å². The van der Waals surface area contributed by atoms with E-state index in [9.17, 15) is 25.2 Å². The Morgan fingerprint density at radius 1 is 0.931 bits per heavy atom. The fourth-order valence-corrected chi connectivity index (χ4v) is 3.97. The van der Waals surface area contributed by atoms with Gasteiger partial charge in [0.15, 0.2) is 0 Å². The molecule has 0 aromatic rings. The number of unbranched alkanes of at least 4 members (excludes halogenated alkanes) is 4. The third-order valence-electron chi connectivity index (χ3n) is 5.61. The van der Waals surface area contributed by atoms with Crippen LogP contribution < -0.4 is 0 Å². The van der Waals surface area contributed by atoms with Gasteiger partial charge in [-0.05, 0) is 44.9 Å².